The van der Waals surface area contributed by atoms with Gasteiger partial charge in [-0.3, -0.25) is 0 Å². The number of methoxy groups -OCH3 is 1. The van der Waals surface area contributed by atoms with Crippen molar-refractivity contribution in [3.05, 3.63) is 34.1 Å². The molecular weight excluding hydrogens is 261 g/mol. The van der Waals surface area contributed by atoms with Crippen LogP contribution in [0.25, 0.3) is 0 Å². The molecule has 1 aromatic rings. The van der Waals surface area contributed by atoms with Gasteiger partial charge in [0.25, 0.3) is 0 Å². The molecule has 4 heteroatoms. The van der Waals surface area contributed by atoms with Crippen LogP contribution >= 0.6 is 15.9 Å². The van der Waals surface area contributed by atoms with Crippen molar-refractivity contribution < 1.29 is 9.13 Å². The van der Waals surface area contributed by atoms with Crippen LogP contribution in [0.2, 0.25) is 0 Å². The highest BCUT2D eigenvalue weighted by molar-refractivity contribution is 9.10. The van der Waals surface area contributed by atoms with E-state index in [4.69, 9.17) is 4.74 Å². The Bertz CT molecular complexity index is 307. The molecule has 15 heavy (non-hydrogen) atoms. The summed E-state index contributed by atoms with van der Waals surface area (Å²) in [7, 11) is 1.68. The number of rotatable bonds is 6. The number of halogens is 2. The summed E-state index contributed by atoms with van der Waals surface area (Å²) in [6.45, 7) is 2.29. The van der Waals surface area contributed by atoms with Crippen LogP contribution in [0, 0.1) is 5.82 Å². The van der Waals surface area contributed by atoms with Gasteiger partial charge in [0.1, 0.15) is 5.82 Å². The number of nitrogens with one attached hydrogen (secondary N) is 1. The first kappa shape index (κ1) is 12.6. The molecule has 84 valence electrons. The van der Waals surface area contributed by atoms with E-state index in [0.717, 1.165) is 29.6 Å². The summed E-state index contributed by atoms with van der Waals surface area (Å²) in [6.07, 6.45) is 0.962. The Morgan fingerprint density at radius 2 is 2.27 bits per heavy atom. The van der Waals surface area contributed by atoms with Crippen LogP contribution < -0.4 is 5.32 Å². The first-order chi connectivity index (χ1) is 7.24. The van der Waals surface area contributed by atoms with Crippen molar-refractivity contribution in [3.8, 4) is 0 Å². The van der Waals surface area contributed by atoms with Crippen LogP contribution in [0.4, 0.5) is 4.39 Å². The third-order valence-electron chi connectivity index (χ3n) is 2.03. The summed E-state index contributed by atoms with van der Waals surface area (Å²) in [5.74, 6) is -0.202. The lowest BCUT2D eigenvalue weighted by molar-refractivity contribution is 0.194. The van der Waals surface area contributed by atoms with Gasteiger partial charge in [-0.2, -0.15) is 0 Å². The largest absolute Gasteiger partial charge is 0.385 e. The Labute approximate surface area is 98.0 Å². The Morgan fingerprint density at radius 1 is 1.47 bits per heavy atom. The van der Waals surface area contributed by atoms with Crippen molar-refractivity contribution in [1.82, 2.24) is 5.32 Å². The maximum absolute atomic E-state index is 12.9. The third-order valence-corrected chi connectivity index (χ3v) is 2.80. The maximum atomic E-state index is 12.9. The van der Waals surface area contributed by atoms with Crippen molar-refractivity contribution in [2.75, 3.05) is 20.3 Å². The van der Waals surface area contributed by atoms with Gasteiger partial charge in [0, 0.05) is 24.7 Å². The molecule has 1 rings (SSSR count). The van der Waals surface area contributed by atoms with Gasteiger partial charge < -0.3 is 10.1 Å². The number of ether oxygens (including phenoxy) is 1. The first-order valence-electron chi connectivity index (χ1n) is 4.87. The summed E-state index contributed by atoms with van der Waals surface area (Å²) in [4.78, 5) is 0. The van der Waals surface area contributed by atoms with Gasteiger partial charge in [-0.1, -0.05) is 15.9 Å². The lowest BCUT2D eigenvalue weighted by atomic mass is 10.2. The molecule has 0 aliphatic carbocycles. The van der Waals surface area contributed by atoms with Gasteiger partial charge >= 0.3 is 0 Å². The van der Waals surface area contributed by atoms with Crippen molar-refractivity contribution in [2.24, 2.45) is 0 Å². The average Bonchev–Trinajstić information content (AvgIpc) is 2.23. The van der Waals surface area contributed by atoms with E-state index in [2.05, 4.69) is 21.2 Å². The van der Waals surface area contributed by atoms with Gasteiger partial charge in [0.05, 0.1) is 0 Å². The minimum atomic E-state index is -0.202. The van der Waals surface area contributed by atoms with Crippen molar-refractivity contribution in [3.63, 3.8) is 0 Å². The zero-order valence-electron chi connectivity index (χ0n) is 8.72. The Kier molecular flexibility index (Phi) is 5.83. The molecule has 0 radical (unpaired) electrons. The molecule has 0 aliphatic rings. The lowest BCUT2D eigenvalue weighted by Crippen LogP contribution is -2.16. The standard InChI is InChI=1S/C11H15BrFNO/c1-15-6-2-5-14-8-9-7-10(13)3-4-11(9)12/h3-4,7,14H,2,5-6,8H2,1H3. The zero-order chi connectivity index (χ0) is 11.1. The maximum Gasteiger partial charge on any atom is 0.123 e. The third kappa shape index (κ3) is 4.73. The normalized spacial score (nSPS) is 10.6. The summed E-state index contributed by atoms with van der Waals surface area (Å²) in [5.41, 5.74) is 0.937. The monoisotopic (exact) mass is 275 g/mol. The molecule has 0 atom stereocenters. The van der Waals surface area contributed by atoms with E-state index >= 15 is 0 Å². The molecule has 1 aromatic carbocycles. The lowest BCUT2D eigenvalue weighted by Gasteiger charge is -2.06. The first-order valence-corrected chi connectivity index (χ1v) is 5.67. The SMILES string of the molecule is COCCCNCc1cc(F)ccc1Br. The van der Waals surface area contributed by atoms with Crippen LogP contribution in [0.1, 0.15) is 12.0 Å². The number of hydrogen-bond donors (Lipinski definition) is 1. The minimum absolute atomic E-state index is 0.202. The van der Waals surface area contributed by atoms with Crippen LogP contribution in [0.3, 0.4) is 0 Å². The quantitative estimate of drug-likeness (QED) is 0.807. The molecular formula is C11H15BrFNO. The van der Waals surface area contributed by atoms with Crippen LogP contribution in [0.15, 0.2) is 22.7 Å². The van der Waals surface area contributed by atoms with E-state index in [1.165, 1.54) is 12.1 Å². The topological polar surface area (TPSA) is 21.3 Å². The molecule has 2 nitrogen and oxygen atoms in total. The summed E-state index contributed by atoms with van der Waals surface area (Å²) in [6, 6.07) is 4.70. The van der Waals surface area contributed by atoms with E-state index < -0.39 is 0 Å². The molecule has 0 fully saturated rings. The van der Waals surface area contributed by atoms with E-state index in [1.54, 1.807) is 13.2 Å². The molecule has 0 amide bonds. The second-order valence-electron chi connectivity index (χ2n) is 3.26. The van der Waals surface area contributed by atoms with Gasteiger partial charge in [-0.05, 0) is 36.7 Å². The highest BCUT2D eigenvalue weighted by atomic mass is 79.9. The van der Waals surface area contributed by atoms with E-state index in [-0.39, 0.29) is 5.82 Å². The number of benzene rings is 1. The molecule has 0 aromatic heterocycles. The van der Waals surface area contributed by atoms with Crippen molar-refractivity contribution in [1.29, 1.82) is 0 Å². The Morgan fingerprint density at radius 3 is 3.00 bits per heavy atom. The van der Waals surface area contributed by atoms with E-state index in [0.29, 0.717) is 6.54 Å². The Hall–Kier alpha value is -0.450. The molecule has 0 bridgehead atoms. The summed E-state index contributed by atoms with van der Waals surface area (Å²) in [5, 5.41) is 3.23. The fraction of sp³-hybridized carbons (Fsp3) is 0.455. The number of hydrogen-bond acceptors (Lipinski definition) is 2. The fourth-order valence-corrected chi connectivity index (χ4v) is 1.63. The van der Waals surface area contributed by atoms with Crippen LogP contribution in [0.5, 0.6) is 0 Å². The molecule has 0 spiro atoms. The smallest absolute Gasteiger partial charge is 0.123 e. The van der Waals surface area contributed by atoms with Crippen molar-refractivity contribution in [2.45, 2.75) is 13.0 Å². The second-order valence-corrected chi connectivity index (χ2v) is 4.11. The predicted octanol–water partition coefficient (Wildman–Crippen LogP) is 2.71. The van der Waals surface area contributed by atoms with E-state index in [9.17, 15) is 4.39 Å². The van der Waals surface area contributed by atoms with Crippen LogP contribution in [-0.2, 0) is 11.3 Å². The molecule has 0 unspecified atom stereocenters. The van der Waals surface area contributed by atoms with Gasteiger partial charge in [-0.25, -0.2) is 4.39 Å². The second kappa shape index (κ2) is 6.93. The molecule has 0 saturated carbocycles. The molecule has 0 aliphatic heterocycles. The van der Waals surface area contributed by atoms with Gasteiger partial charge in [-0.15, -0.1) is 0 Å². The van der Waals surface area contributed by atoms with Crippen LogP contribution in [-0.4, -0.2) is 20.3 Å². The summed E-state index contributed by atoms with van der Waals surface area (Å²) >= 11 is 3.38. The molecule has 1 N–H and O–H groups in total. The molecule has 0 saturated heterocycles. The van der Waals surface area contributed by atoms with Gasteiger partial charge in [0.2, 0.25) is 0 Å². The van der Waals surface area contributed by atoms with E-state index in [1.807, 2.05) is 0 Å². The highest BCUT2D eigenvalue weighted by Gasteiger charge is 2.00. The Balaban J connectivity index is 2.33. The fourth-order valence-electron chi connectivity index (χ4n) is 1.24. The van der Waals surface area contributed by atoms with Crippen molar-refractivity contribution >= 4 is 15.9 Å². The average molecular weight is 276 g/mol. The zero-order valence-corrected chi connectivity index (χ0v) is 10.3. The predicted molar refractivity (Wildman–Crippen MR) is 62.3 cm³/mol. The highest BCUT2D eigenvalue weighted by Crippen LogP contribution is 2.17. The molecule has 0 heterocycles. The summed E-state index contributed by atoms with van der Waals surface area (Å²) < 4.78 is 18.8. The van der Waals surface area contributed by atoms with Gasteiger partial charge in [0.15, 0.2) is 0 Å². The minimum Gasteiger partial charge on any atom is -0.385 e.